The number of phenolic OH excluding ortho intramolecular Hbond substituents is 1. The van der Waals surface area contributed by atoms with E-state index in [4.69, 9.17) is 17.0 Å². The molecule has 0 amide bonds. The lowest BCUT2D eigenvalue weighted by Gasteiger charge is -2.24. The molecular formula is C17H18O3S. The summed E-state index contributed by atoms with van der Waals surface area (Å²) in [7, 11) is 0. The minimum atomic E-state index is -0.827. The number of rotatable bonds is 5. The Kier molecular flexibility index (Phi) is 5.31. The van der Waals surface area contributed by atoms with Crippen molar-refractivity contribution < 1.29 is 14.9 Å². The Morgan fingerprint density at radius 1 is 1.05 bits per heavy atom. The highest BCUT2D eigenvalue weighted by atomic mass is 32.1. The second kappa shape index (κ2) is 7.20. The number of hydrogen-bond donors (Lipinski definition) is 2. The van der Waals surface area contributed by atoms with E-state index in [1.807, 2.05) is 37.3 Å². The van der Waals surface area contributed by atoms with Gasteiger partial charge in [0.15, 0.2) is 5.05 Å². The second-order valence-corrected chi connectivity index (χ2v) is 5.08. The highest BCUT2D eigenvalue weighted by Gasteiger charge is 2.28. The number of phenols is 1. The van der Waals surface area contributed by atoms with E-state index in [2.05, 4.69) is 0 Å². The van der Waals surface area contributed by atoms with Crippen LogP contribution in [0.15, 0.2) is 54.6 Å². The molecule has 0 aromatic heterocycles. The Morgan fingerprint density at radius 3 is 2.24 bits per heavy atom. The summed E-state index contributed by atoms with van der Waals surface area (Å²) in [5.41, 5.74) is 1.58. The third-order valence-corrected chi connectivity index (χ3v) is 3.62. The largest absolute Gasteiger partial charge is 0.508 e. The molecule has 2 unspecified atom stereocenters. The molecule has 2 rings (SSSR count). The van der Waals surface area contributed by atoms with Crippen molar-refractivity contribution in [1.82, 2.24) is 0 Å². The van der Waals surface area contributed by atoms with Crippen molar-refractivity contribution in [2.75, 3.05) is 6.61 Å². The summed E-state index contributed by atoms with van der Waals surface area (Å²) in [5, 5.41) is 20.4. The van der Waals surface area contributed by atoms with Crippen LogP contribution < -0.4 is 0 Å². The van der Waals surface area contributed by atoms with Gasteiger partial charge >= 0.3 is 0 Å². The fourth-order valence-corrected chi connectivity index (χ4v) is 2.59. The third kappa shape index (κ3) is 3.80. The SMILES string of the molecule is CCOC(=S)C(c1ccccc1)C(O)c1ccc(O)cc1. The maximum absolute atomic E-state index is 10.7. The molecule has 0 spiro atoms. The van der Waals surface area contributed by atoms with Gasteiger partial charge in [0.05, 0.1) is 18.6 Å². The van der Waals surface area contributed by atoms with E-state index >= 15 is 0 Å². The lowest BCUT2D eigenvalue weighted by molar-refractivity contribution is 0.156. The van der Waals surface area contributed by atoms with Gasteiger partial charge in [-0.2, -0.15) is 0 Å². The first-order valence-electron chi connectivity index (χ1n) is 6.82. The highest BCUT2D eigenvalue weighted by Crippen LogP contribution is 2.33. The van der Waals surface area contributed by atoms with Crippen LogP contribution in [-0.2, 0) is 4.74 Å². The quantitative estimate of drug-likeness (QED) is 0.829. The van der Waals surface area contributed by atoms with Gasteiger partial charge in [-0.1, -0.05) is 42.5 Å². The molecule has 2 atom stereocenters. The average Bonchev–Trinajstić information content (AvgIpc) is 2.49. The van der Waals surface area contributed by atoms with Crippen molar-refractivity contribution in [3.63, 3.8) is 0 Å². The molecule has 0 saturated carbocycles. The molecule has 0 aliphatic carbocycles. The molecular weight excluding hydrogens is 284 g/mol. The Bertz CT molecular complexity index is 581. The molecule has 0 fully saturated rings. The van der Waals surface area contributed by atoms with Crippen LogP contribution in [-0.4, -0.2) is 21.9 Å². The van der Waals surface area contributed by atoms with E-state index in [1.54, 1.807) is 24.3 Å². The molecule has 0 aliphatic rings. The van der Waals surface area contributed by atoms with Crippen molar-refractivity contribution in [1.29, 1.82) is 0 Å². The average molecular weight is 302 g/mol. The molecule has 0 saturated heterocycles. The van der Waals surface area contributed by atoms with Gasteiger partial charge in [-0.15, -0.1) is 0 Å². The summed E-state index contributed by atoms with van der Waals surface area (Å²) in [4.78, 5) is 0. The number of hydrogen-bond acceptors (Lipinski definition) is 4. The summed E-state index contributed by atoms with van der Waals surface area (Å²) in [5.74, 6) is -0.264. The van der Waals surface area contributed by atoms with Crippen LogP contribution in [0.2, 0.25) is 0 Å². The highest BCUT2D eigenvalue weighted by molar-refractivity contribution is 7.80. The monoisotopic (exact) mass is 302 g/mol. The van der Waals surface area contributed by atoms with Gasteiger partial charge in [0, 0.05) is 0 Å². The van der Waals surface area contributed by atoms with Crippen LogP contribution in [0, 0.1) is 0 Å². The summed E-state index contributed by atoms with van der Waals surface area (Å²) >= 11 is 5.33. The number of thiocarbonyl (C=S) groups is 1. The molecule has 3 nitrogen and oxygen atoms in total. The zero-order valence-electron chi connectivity index (χ0n) is 11.8. The van der Waals surface area contributed by atoms with Gasteiger partial charge in [-0.3, -0.25) is 0 Å². The van der Waals surface area contributed by atoms with Gasteiger partial charge in [0.25, 0.3) is 0 Å². The molecule has 2 N–H and O–H groups in total. The summed E-state index contributed by atoms with van der Waals surface area (Å²) < 4.78 is 5.45. The van der Waals surface area contributed by atoms with Crippen LogP contribution in [0.25, 0.3) is 0 Å². The Labute approximate surface area is 129 Å². The number of aliphatic hydroxyl groups excluding tert-OH is 1. The fourth-order valence-electron chi connectivity index (χ4n) is 2.20. The van der Waals surface area contributed by atoms with E-state index in [-0.39, 0.29) is 5.75 Å². The first-order valence-corrected chi connectivity index (χ1v) is 7.23. The molecule has 110 valence electrons. The van der Waals surface area contributed by atoms with Gasteiger partial charge in [-0.05, 0) is 42.4 Å². The van der Waals surface area contributed by atoms with Crippen molar-refractivity contribution in [2.24, 2.45) is 0 Å². The molecule has 2 aromatic rings. The van der Waals surface area contributed by atoms with E-state index in [0.717, 1.165) is 5.56 Å². The predicted molar refractivity (Wildman–Crippen MR) is 86.5 cm³/mol. The Balaban J connectivity index is 2.35. The van der Waals surface area contributed by atoms with Gasteiger partial charge in [0.1, 0.15) is 5.75 Å². The molecule has 2 aromatic carbocycles. The first-order chi connectivity index (χ1) is 10.1. The zero-order valence-corrected chi connectivity index (χ0v) is 12.6. The lowest BCUT2D eigenvalue weighted by atomic mass is 9.89. The van der Waals surface area contributed by atoms with Crippen LogP contribution in [0.1, 0.15) is 30.1 Å². The molecule has 0 heterocycles. The number of ether oxygens (including phenoxy) is 1. The second-order valence-electron chi connectivity index (χ2n) is 4.68. The Hall–Kier alpha value is -1.91. The van der Waals surface area contributed by atoms with Crippen molar-refractivity contribution in [3.05, 3.63) is 65.7 Å². The van der Waals surface area contributed by atoms with Crippen molar-refractivity contribution in [2.45, 2.75) is 18.9 Å². The smallest absolute Gasteiger partial charge is 0.170 e. The minimum Gasteiger partial charge on any atom is -0.508 e. The minimum absolute atomic E-state index is 0.162. The maximum atomic E-state index is 10.7. The fraction of sp³-hybridized carbons (Fsp3) is 0.235. The van der Waals surface area contributed by atoms with Crippen molar-refractivity contribution >= 4 is 17.3 Å². The van der Waals surface area contributed by atoms with E-state index in [0.29, 0.717) is 17.2 Å². The number of aliphatic hydroxyl groups is 1. The molecule has 21 heavy (non-hydrogen) atoms. The Morgan fingerprint density at radius 2 is 1.67 bits per heavy atom. The lowest BCUT2D eigenvalue weighted by Crippen LogP contribution is -2.21. The molecule has 0 bridgehead atoms. The molecule has 4 heteroatoms. The van der Waals surface area contributed by atoms with Crippen LogP contribution >= 0.6 is 12.2 Å². The van der Waals surface area contributed by atoms with Crippen LogP contribution in [0.5, 0.6) is 5.75 Å². The predicted octanol–water partition coefficient (Wildman–Crippen LogP) is 3.57. The van der Waals surface area contributed by atoms with Gasteiger partial charge < -0.3 is 14.9 Å². The summed E-state index contributed by atoms with van der Waals surface area (Å²) in [6.07, 6.45) is -0.827. The third-order valence-electron chi connectivity index (χ3n) is 3.25. The molecule has 0 aliphatic heterocycles. The van der Waals surface area contributed by atoms with E-state index in [9.17, 15) is 10.2 Å². The summed E-state index contributed by atoms with van der Waals surface area (Å²) in [6.45, 7) is 2.33. The zero-order chi connectivity index (χ0) is 15.2. The maximum Gasteiger partial charge on any atom is 0.170 e. The topological polar surface area (TPSA) is 49.7 Å². The summed E-state index contributed by atoms with van der Waals surface area (Å²) in [6, 6.07) is 16.0. The van der Waals surface area contributed by atoms with Crippen LogP contribution in [0.3, 0.4) is 0 Å². The van der Waals surface area contributed by atoms with Gasteiger partial charge in [-0.25, -0.2) is 0 Å². The number of benzene rings is 2. The van der Waals surface area contributed by atoms with Crippen LogP contribution in [0.4, 0.5) is 0 Å². The van der Waals surface area contributed by atoms with E-state index < -0.39 is 12.0 Å². The first kappa shape index (κ1) is 15.5. The molecule has 0 radical (unpaired) electrons. The van der Waals surface area contributed by atoms with E-state index in [1.165, 1.54) is 0 Å². The van der Waals surface area contributed by atoms with Crippen molar-refractivity contribution in [3.8, 4) is 5.75 Å². The number of aromatic hydroxyl groups is 1. The standard InChI is InChI=1S/C17H18O3S/c1-2-20-17(21)15(12-6-4-3-5-7-12)16(19)13-8-10-14(18)11-9-13/h3-11,15-16,18-19H,2H2,1H3. The normalized spacial score (nSPS) is 13.4. The van der Waals surface area contributed by atoms with Gasteiger partial charge in [0.2, 0.25) is 0 Å².